The molecular formula is C29H29N4O4-. The van der Waals surface area contributed by atoms with Gasteiger partial charge in [0.2, 0.25) is 0 Å². The number of aryl methyl sites for hydroxylation is 2. The third-order valence-corrected chi connectivity index (χ3v) is 6.29. The molecule has 0 bridgehead atoms. The number of benzene rings is 3. The SMILES string of the molecule is CC1=C(C(=O)Nc2ccc(C)cc2)C(c2cccc(N([O-])O)c2)C(C(=O)Nc2ccc(C)cc2)=C(C)N1. The Morgan fingerprint density at radius 3 is 1.68 bits per heavy atom. The van der Waals surface area contributed by atoms with Crippen molar-refractivity contribution >= 4 is 28.9 Å². The Labute approximate surface area is 215 Å². The molecule has 0 radical (unpaired) electrons. The summed E-state index contributed by atoms with van der Waals surface area (Å²) in [6, 6.07) is 21.1. The van der Waals surface area contributed by atoms with Crippen LogP contribution in [0.25, 0.3) is 0 Å². The number of carbonyl (C=O) groups is 2. The molecule has 2 amide bonds. The fourth-order valence-corrected chi connectivity index (χ4v) is 4.42. The molecule has 4 N–H and O–H groups in total. The summed E-state index contributed by atoms with van der Waals surface area (Å²) in [6.07, 6.45) is 0. The van der Waals surface area contributed by atoms with E-state index in [1.54, 1.807) is 26.0 Å². The van der Waals surface area contributed by atoms with Crippen molar-refractivity contribution < 1.29 is 14.8 Å². The highest BCUT2D eigenvalue weighted by molar-refractivity contribution is 6.11. The molecule has 1 heterocycles. The van der Waals surface area contributed by atoms with Crippen LogP contribution in [0.5, 0.6) is 0 Å². The summed E-state index contributed by atoms with van der Waals surface area (Å²) in [4.78, 5) is 27.3. The molecule has 0 aromatic heterocycles. The van der Waals surface area contributed by atoms with E-state index in [4.69, 9.17) is 0 Å². The van der Waals surface area contributed by atoms with E-state index in [1.807, 2.05) is 62.4 Å². The van der Waals surface area contributed by atoms with Gasteiger partial charge in [-0.15, -0.1) is 0 Å². The largest absolute Gasteiger partial charge is 0.733 e. The lowest BCUT2D eigenvalue weighted by atomic mass is 9.79. The zero-order chi connectivity index (χ0) is 26.7. The van der Waals surface area contributed by atoms with E-state index in [2.05, 4.69) is 16.0 Å². The average Bonchev–Trinajstić information content (AvgIpc) is 2.86. The summed E-state index contributed by atoms with van der Waals surface area (Å²) in [5.41, 5.74) is 5.64. The van der Waals surface area contributed by atoms with E-state index < -0.39 is 5.92 Å². The number of anilines is 3. The van der Waals surface area contributed by atoms with Gasteiger partial charge in [0.05, 0.1) is 5.69 Å². The maximum atomic E-state index is 13.7. The molecule has 0 atom stereocenters. The molecule has 0 spiro atoms. The smallest absolute Gasteiger partial charge is 0.254 e. The van der Waals surface area contributed by atoms with Crippen molar-refractivity contribution in [2.45, 2.75) is 33.6 Å². The number of nitrogens with one attached hydrogen (secondary N) is 3. The maximum absolute atomic E-state index is 13.7. The summed E-state index contributed by atoms with van der Waals surface area (Å²) in [5, 5.41) is 30.0. The molecule has 1 aliphatic rings. The number of dihydropyridines is 1. The first-order valence-electron chi connectivity index (χ1n) is 11.8. The summed E-state index contributed by atoms with van der Waals surface area (Å²) in [6.45, 7) is 7.45. The van der Waals surface area contributed by atoms with E-state index in [-0.39, 0.29) is 22.7 Å². The lowest BCUT2D eigenvalue weighted by Crippen LogP contribution is -2.35. The monoisotopic (exact) mass is 497 g/mol. The second-order valence-electron chi connectivity index (χ2n) is 9.14. The van der Waals surface area contributed by atoms with Crippen molar-refractivity contribution in [2.75, 3.05) is 15.9 Å². The zero-order valence-corrected chi connectivity index (χ0v) is 21.1. The quantitative estimate of drug-likeness (QED) is 0.334. The van der Waals surface area contributed by atoms with Crippen LogP contribution in [0.15, 0.2) is 95.3 Å². The molecule has 0 saturated heterocycles. The highest BCUT2D eigenvalue weighted by Crippen LogP contribution is 2.40. The molecule has 0 aliphatic carbocycles. The van der Waals surface area contributed by atoms with Crippen molar-refractivity contribution in [3.05, 3.63) is 117 Å². The van der Waals surface area contributed by atoms with Gasteiger partial charge in [0, 0.05) is 39.8 Å². The number of hydrogen-bond acceptors (Lipinski definition) is 6. The van der Waals surface area contributed by atoms with Crippen LogP contribution in [0.4, 0.5) is 17.1 Å². The first-order valence-corrected chi connectivity index (χ1v) is 11.8. The third-order valence-electron chi connectivity index (χ3n) is 6.29. The lowest BCUT2D eigenvalue weighted by molar-refractivity contribution is -0.113. The van der Waals surface area contributed by atoms with Crippen LogP contribution >= 0.6 is 0 Å². The Kier molecular flexibility index (Phi) is 7.42. The van der Waals surface area contributed by atoms with Gasteiger partial charge in [-0.2, -0.15) is 0 Å². The van der Waals surface area contributed by atoms with Crippen LogP contribution in [0, 0.1) is 19.1 Å². The average molecular weight is 498 g/mol. The van der Waals surface area contributed by atoms with Crippen LogP contribution in [0.2, 0.25) is 0 Å². The lowest BCUT2D eigenvalue weighted by Gasteiger charge is -2.32. The Morgan fingerprint density at radius 2 is 1.24 bits per heavy atom. The van der Waals surface area contributed by atoms with E-state index in [0.717, 1.165) is 11.1 Å². The predicted octanol–water partition coefficient (Wildman–Crippen LogP) is 5.51. The molecule has 0 unspecified atom stereocenters. The van der Waals surface area contributed by atoms with Gasteiger partial charge in [-0.25, -0.2) is 0 Å². The normalized spacial score (nSPS) is 13.8. The van der Waals surface area contributed by atoms with Crippen molar-refractivity contribution in [3.63, 3.8) is 0 Å². The van der Waals surface area contributed by atoms with Crippen LogP contribution < -0.4 is 21.2 Å². The zero-order valence-electron chi connectivity index (χ0n) is 21.1. The van der Waals surface area contributed by atoms with E-state index in [0.29, 0.717) is 39.5 Å². The van der Waals surface area contributed by atoms with Gasteiger partial charge >= 0.3 is 0 Å². The Hall–Kier alpha value is -4.40. The Balaban J connectivity index is 1.78. The number of hydrogen-bond donors (Lipinski definition) is 4. The fourth-order valence-electron chi connectivity index (χ4n) is 4.42. The Bertz CT molecular complexity index is 1310. The molecule has 1 aliphatic heterocycles. The molecule has 37 heavy (non-hydrogen) atoms. The van der Waals surface area contributed by atoms with Gasteiger partial charge in [-0.1, -0.05) is 47.5 Å². The predicted molar refractivity (Wildman–Crippen MR) is 145 cm³/mol. The highest BCUT2D eigenvalue weighted by atomic mass is 16.8. The summed E-state index contributed by atoms with van der Waals surface area (Å²) >= 11 is 0. The maximum Gasteiger partial charge on any atom is 0.254 e. The standard InChI is InChI=1S/C29H29N4O4/c1-17-8-12-22(13-9-17)31-28(34)25-19(3)30-20(4)26(29(35)32-23-14-10-18(2)11-15-23)27(25)21-6-5-7-24(16-21)33(36)37/h5-16,27,30,36H,1-4H3,(H,31,34)(H,32,35)/q-1. The minimum atomic E-state index is -0.808. The molecule has 8 heteroatoms. The van der Waals surface area contributed by atoms with Gasteiger partial charge in [-0.3, -0.25) is 14.8 Å². The van der Waals surface area contributed by atoms with Crippen molar-refractivity contribution in [3.8, 4) is 0 Å². The second-order valence-corrected chi connectivity index (χ2v) is 9.14. The van der Waals surface area contributed by atoms with Gasteiger partial charge in [0.1, 0.15) is 0 Å². The molecule has 190 valence electrons. The van der Waals surface area contributed by atoms with Gasteiger partial charge < -0.3 is 26.4 Å². The van der Waals surface area contributed by atoms with Gasteiger partial charge in [-0.05, 0) is 69.7 Å². The summed E-state index contributed by atoms with van der Waals surface area (Å²) < 4.78 is 0. The fraction of sp³-hybridized carbons (Fsp3) is 0.172. The van der Waals surface area contributed by atoms with Crippen LogP contribution in [-0.4, -0.2) is 17.0 Å². The third kappa shape index (κ3) is 5.72. The van der Waals surface area contributed by atoms with E-state index >= 15 is 0 Å². The minimum Gasteiger partial charge on any atom is -0.733 e. The van der Waals surface area contributed by atoms with Gasteiger partial charge in [0.25, 0.3) is 11.8 Å². The minimum absolute atomic E-state index is 0.0112. The molecule has 3 aromatic rings. The summed E-state index contributed by atoms with van der Waals surface area (Å²) in [7, 11) is 0. The van der Waals surface area contributed by atoms with Gasteiger partial charge in [0.15, 0.2) is 0 Å². The van der Waals surface area contributed by atoms with Crippen molar-refractivity contribution in [1.29, 1.82) is 0 Å². The molecule has 4 rings (SSSR count). The molecule has 3 aromatic carbocycles. The topological polar surface area (TPSA) is 117 Å². The first kappa shape index (κ1) is 25.7. The number of nitrogens with zero attached hydrogens (tertiary/aromatic N) is 1. The molecular weight excluding hydrogens is 468 g/mol. The van der Waals surface area contributed by atoms with Crippen molar-refractivity contribution in [1.82, 2.24) is 5.32 Å². The number of allylic oxidation sites excluding steroid dienone is 2. The summed E-state index contributed by atoms with van der Waals surface area (Å²) in [5.74, 6) is -1.59. The first-order chi connectivity index (χ1) is 17.6. The molecule has 0 saturated carbocycles. The van der Waals surface area contributed by atoms with Crippen LogP contribution in [0.1, 0.15) is 36.5 Å². The van der Waals surface area contributed by atoms with E-state index in [1.165, 1.54) is 12.1 Å². The number of carbonyl (C=O) groups excluding carboxylic acids is 2. The van der Waals surface area contributed by atoms with Crippen LogP contribution in [0.3, 0.4) is 0 Å². The molecule has 0 fully saturated rings. The van der Waals surface area contributed by atoms with E-state index in [9.17, 15) is 20.0 Å². The number of amides is 2. The molecule has 8 nitrogen and oxygen atoms in total. The van der Waals surface area contributed by atoms with Crippen LogP contribution in [-0.2, 0) is 9.59 Å². The van der Waals surface area contributed by atoms with Crippen molar-refractivity contribution in [2.24, 2.45) is 0 Å². The number of rotatable bonds is 6. The highest BCUT2D eigenvalue weighted by Gasteiger charge is 2.36. The Morgan fingerprint density at radius 1 is 0.784 bits per heavy atom. The second kappa shape index (κ2) is 10.7.